The molecule has 0 fully saturated rings. The molecule has 0 aromatic heterocycles. The minimum atomic E-state index is 0.536. The van der Waals surface area contributed by atoms with Gasteiger partial charge in [-0.3, -0.25) is 0 Å². The van der Waals surface area contributed by atoms with Crippen LogP contribution in [-0.2, 0) is 26.3 Å². The molecule has 0 atom stereocenters. The van der Waals surface area contributed by atoms with Crippen LogP contribution >= 0.6 is 0 Å². The molecule has 4 rings (SSSR count). The Hall–Kier alpha value is -4.00. The van der Waals surface area contributed by atoms with Crippen molar-refractivity contribution in [1.29, 1.82) is 0 Å². The summed E-state index contributed by atoms with van der Waals surface area (Å²) in [6.45, 7) is 4.85. The third-order valence-corrected chi connectivity index (χ3v) is 8.55. The second kappa shape index (κ2) is 22.5. The van der Waals surface area contributed by atoms with E-state index in [0.29, 0.717) is 13.2 Å². The molecule has 2 N–H and O–H groups in total. The molecule has 0 heterocycles. The van der Waals surface area contributed by atoms with Gasteiger partial charge in [0.05, 0.1) is 14.2 Å². The van der Waals surface area contributed by atoms with Gasteiger partial charge in [0.15, 0.2) is 23.0 Å². The van der Waals surface area contributed by atoms with E-state index in [2.05, 4.69) is 59.2 Å². The first kappa shape index (κ1) is 36.8. The smallest absolute Gasteiger partial charge is 0.161 e. The molecule has 0 bridgehead atoms. The van der Waals surface area contributed by atoms with Gasteiger partial charge < -0.3 is 29.6 Å². The fraction of sp³-hybridized carbons (Fsp3) is 0.429. The summed E-state index contributed by atoms with van der Waals surface area (Å²) < 4.78 is 23.1. The SMILES string of the molecule is COc1cc(CNCCCCCCCCCCCCNCc2ccc(OCc3ccccc3)c(OC)c2)ccc1OCc1ccccc1. The minimum Gasteiger partial charge on any atom is -0.493 e. The second-order valence-corrected chi connectivity index (χ2v) is 12.4. The van der Waals surface area contributed by atoms with Crippen molar-refractivity contribution in [2.45, 2.75) is 90.5 Å². The molecule has 0 aliphatic rings. The van der Waals surface area contributed by atoms with Gasteiger partial charge in [-0.25, -0.2) is 0 Å². The molecule has 4 aromatic rings. The van der Waals surface area contributed by atoms with E-state index >= 15 is 0 Å². The van der Waals surface area contributed by atoms with E-state index in [1.165, 1.54) is 75.3 Å². The number of unbranched alkanes of at least 4 members (excludes halogenated alkanes) is 9. The van der Waals surface area contributed by atoms with Crippen LogP contribution < -0.4 is 29.6 Å². The standard InChI is InChI=1S/C42H56N2O4/c1-45-41-29-37(23-25-39(41)47-33-35-19-13-11-14-20-35)31-43-27-17-9-7-5-3-4-6-8-10-18-28-44-32-38-24-26-40(42(30-38)46-2)48-34-36-21-15-12-16-22-36/h11-16,19-26,29-30,43-44H,3-10,17-18,27-28,31-34H2,1-2H3. The molecule has 0 saturated carbocycles. The highest BCUT2D eigenvalue weighted by Gasteiger charge is 2.08. The van der Waals surface area contributed by atoms with Crippen LogP contribution in [0.3, 0.4) is 0 Å². The van der Waals surface area contributed by atoms with Gasteiger partial charge in [-0.1, -0.05) is 124 Å². The first-order chi connectivity index (χ1) is 23.7. The third kappa shape index (κ3) is 14.0. The van der Waals surface area contributed by atoms with Crippen LogP contribution in [0.1, 0.15) is 86.5 Å². The summed E-state index contributed by atoms with van der Waals surface area (Å²) in [7, 11) is 3.40. The highest BCUT2D eigenvalue weighted by Crippen LogP contribution is 2.30. The van der Waals surface area contributed by atoms with E-state index < -0.39 is 0 Å². The van der Waals surface area contributed by atoms with Gasteiger partial charge in [0.2, 0.25) is 0 Å². The van der Waals surface area contributed by atoms with Gasteiger partial charge in [-0.2, -0.15) is 0 Å². The fourth-order valence-electron chi connectivity index (χ4n) is 5.73. The van der Waals surface area contributed by atoms with Crippen molar-refractivity contribution in [2.24, 2.45) is 0 Å². The summed E-state index contributed by atoms with van der Waals surface area (Å²) in [5.74, 6) is 3.13. The van der Waals surface area contributed by atoms with Gasteiger partial charge in [-0.05, 0) is 72.5 Å². The van der Waals surface area contributed by atoms with E-state index in [9.17, 15) is 0 Å². The van der Waals surface area contributed by atoms with Crippen LogP contribution in [0.2, 0.25) is 0 Å². The van der Waals surface area contributed by atoms with Gasteiger partial charge in [0.1, 0.15) is 13.2 Å². The van der Waals surface area contributed by atoms with Crippen molar-refractivity contribution in [1.82, 2.24) is 10.6 Å². The van der Waals surface area contributed by atoms with E-state index in [-0.39, 0.29) is 0 Å². The zero-order chi connectivity index (χ0) is 33.5. The zero-order valence-electron chi connectivity index (χ0n) is 29.2. The lowest BCUT2D eigenvalue weighted by Crippen LogP contribution is -2.14. The van der Waals surface area contributed by atoms with E-state index in [1.54, 1.807) is 14.2 Å². The Morgan fingerprint density at radius 1 is 0.396 bits per heavy atom. The maximum Gasteiger partial charge on any atom is 0.161 e. The molecule has 6 nitrogen and oxygen atoms in total. The lowest BCUT2D eigenvalue weighted by molar-refractivity contribution is 0.284. The fourth-order valence-corrected chi connectivity index (χ4v) is 5.73. The summed E-state index contributed by atoms with van der Waals surface area (Å²) in [6.07, 6.45) is 13.1. The average Bonchev–Trinajstić information content (AvgIpc) is 3.14. The van der Waals surface area contributed by atoms with Crippen LogP contribution in [0.15, 0.2) is 97.1 Å². The van der Waals surface area contributed by atoms with Gasteiger partial charge in [0, 0.05) is 13.1 Å². The largest absolute Gasteiger partial charge is 0.493 e. The number of hydrogen-bond acceptors (Lipinski definition) is 6. The van der Waals surface area contributed by atoms with Crippen molar-refractivity contribution >= 4 is 0 Å². The summed E-state index contributed by atoms with van der Waals surface area (Å²) in [6, 6.07) is 32.8. The van der Waals surface area contributed by atoms with E-state index in [0.717, 1.165) is 60.3 Å². The molecular formula is C42H56N2O4. The maximum atomic E-state index is 5.98. The number of hydrogen-bond donors (Lipinski definition) is 2. The molecule has 6 heteroatoms. The Balaban J connectivity index is 0.939. The molecule has 0 unspecified atom stereocenters. The number of ether oxygens (including phenoxy) is 4. The van der Waals surface area contributed by atoms with Gasteiger partial charge >= 0.3 is 0 Å². The predicted octanol–water partition coefficient (Wildman–Crippen LogP) is 9.64. The van der Waals surface area contributed by atoms with Crippen LogP contribution in [-0.4, -0.2) is 27.3 Å². The van der Waals surface area contributed by atoms with Crippen LogP contribution in [0.4, 0.5) is 0 Å². The summed E-state index contributed by atoms with van der Waals surface area (Å²) in [5.41, 5.74) is 4.72. The van der Waals surface area contributed by atoms with Crippen LogP contribution in [0, 0.1) is 0 Å². The highest BCUT2D eigenvalue weighted by atomic mass is 16.5. The lowest BCUT2D eigenvalue weighted by Gasteiger charge is -2.13. The first-order valence-electron chi connectivity index (χ1n) is 17.8. The zero-order valence-corrected chi connectivity index (χ0v) is 29.2. The predicted molar refractivity (Wildman–Crippen MR) is 197 cm³/mol. The van der Waals surface area contributed by atoms with Crippen molar-refractivity contribution in [2.75, 3.05) is 27.3 Å². The van der Waals surface area contributed by atoms with Crippen LogP contribution in [0.25, 0.3) is 0 Å². The molecule has 4 aromatic carbocycles. The van der Waals surface area contributed by atoms with Gasteiger partial charge in [-0.15, -0.1) is 0 Å². The number of methoxy groups -OCH3 is 2. The first-order valence-corrected chi connectivity index (χ1v) is 17.8. The second-order valence-electron chi connectivity index (χ2n) is 12.4. The van der Waals surface area contributed by atoms with Crippen molar-refractivity contribution in [3.63, 3.8) is 0 Å². The Labute approximate surface area is 289 Å². The molecule has 48 heavy (non-hydrogen) atoms. The minimum absolute atomic E-state index is 0.536. The summed E-state index contributed by atoms with van der Waals surface area (Å²) in [4.78, 5) is 0. The Morgan fingerprint density at radius 2 is 0.771 bits per heavy atom. The quantitative estimate of drug-likeness (QED) is 0.0696. The summed E-state index contributed by atoms with van der Waals surface area (Å²) in [5, 5.41) is 7.17. The Kier molecular flexibility index (Phi) is 17.3. The Morgan fingerprint density at radius 3 is 1.15 bits per heavy atom. The highest BCUT2D eigenvalue weighted by molar-refractivity contribution is 5.44. The normalized spacial score (nSPS) is 11.0. The monoisotopic (exact) mass is 652 g/mol. The Bertz CT molecular complexity index is 1310. The van der Waals surface area contributed by atoms with Gasteiger partial charge in [0.25, 0.3) is 0 Å². The maximum absolute atomic E-state index is 5.98. The number of nitrogens with one attached hydrogen (secondary N) is 2. The third-order valence-electron chi connectivity index (χ3n) is 8.55. The average molecular weight is 653 g/mol. The molecule has 258 valence electrons. The molecule has 0 aliphatic carbocycles. The van der Waals surface area contributed by atoms with Crippen molar-refractivity contribution < 1.29 is 18.9 Å². The molecule has 0 amide bonds. The van der Waals surface area contributed by atoms with E-state index in [1.807, 2.05) is 48.5 Å². The summed E-state index contributed by atoms with van der Waals surface area (Å²) >= 11 is 0. The number of benzene rings is 4. The molecule has 0 saturated heterocycles. The van der Waals surface area contributed by atoms with E-state index in [4.69, 9.17) is 18.9 Å². The molecule has 0 aliphatic heterocycles. The number of rotatable bonds is 25. The topological polar surface area (TPSA) is 61.0 Å². The molecular weight excluding hydrogens is 596 g/mol. The van der Waals surface area contributed by atoms with Crippen LogP contribution in [0.5, 0.6) is 23.0 Å². The molecule has 0 radical (unpaired) electrons. The lowest BCUT2D eigenvalue weighted by atomic mass is 10.1. The van der Waals surface area contributed by atoms with Crippen molar-refractivity contribution in [3.8, 4) is 23.0 Å². The van der Waals surface area contributed by atoms with Crippen molar-refractivity contribution in [3.05, 3.63) is 119 Å². The molecule has 0 spiro atoms.